The summed E-state index contributed by atoms with van der Waals surface area (Å²) >= 11 is 8.96. The van der Waals surface area contributed by atoms with Crippen LogP contribution in [0.5, 0.6) is 0 Å². The third-order valence-corrected chi connectivity index (χ3v) is 3.73. The number of nitro benzene ring substituents is 1. The molecule has 2 N–H and O–H groups in total. The fourth-order valence-electron chi connectivity index (χ4n) is 1.74. The molecule has 2 amide bonds. The van der Waals surface area contributed by atoms with E-state index < -0.39 is 22.4 Å². The largest absolute Gasteiger partial charge is 0.282 e. The van der Waals surface area contributed by atoms with Gasteiger partial charge in [-0.05, 0) is 40.2 Å². The fourth-order valence-corrected chi connectivity index (χ4v) is 2.38. The lowest BCUT2D eigenvalue weighted by Crippen LogP contribution is -2.42. The van der Waals surface area contributed by atoms with Crippen molar-refractivity contribution in [3.8, 4) is 0 Å². The van der Waals surface area contributed by atoms with Crippen molar-refractivity contribution in [2.75, 3.05) is 0 Å². The molecule has 9 heteroatoms. The molecule has 0 spiro atoms. The van der Waals surface area contributed by atoms with E-state index in [2.05, 4.69) is 26.8 Å². The van der Waals surface area contributed by atoms with Crippen molar-refractivity contribution in [2.24, 2.45) is 0 Å². The second-order valence-corrected chi connectivity index (χ2v) is 5.60. The van der Waals surface area contributed by atoms with Crippen LogP contribution < -0.4 is 10.9 Å². The summed E-state index contributed by atoms with van der Waals surface area (Å²) in [5.74, 6) is -1.42. The summed E-state index contributed by atoms with van der Waals surface area (Å²) in [6.07, 6.45) is 0. The molecule has 0 aliphatic rings. The molecule has 7 nitrogen and oxygen atoms in total. The average molecular weight is 399 g/mol. The molecule has 0 radical (unpaired) electrons. The first-order chi connectivity index (χ1) is 10.9. The average Bonchev–Trinajstić information content (AvgIpc) is 2.52. The maximum absolute atomic E-state index is 12.0. The van der Waals surface area contributed by atoms with Gasteiger partial charge >= 0.3 is 0 Å². The molecule has 118 valence electrons. The third-order valence-electron chi connectivity index (χ3n) is 2.81. The van der Waals surface area contributed by atoms with Crippen molar-refractivity contribution in [1.29, 1.82) is 0 Å². The normalized spacial score (nSPS) is 10.0. The third kappa shape index (κ3) is 4.05. The number of benzene rings is 2. The van der Waals surface area contributed by atoms with Crippen LogP contribution in [0.15, 0.2) is 46.9 Å². The van der Waals surface area contributed by atoms with E-state index in [1.54, 1.807) is 24.3 Å². The fraction of sp³-hybridized carbons (Fsp3) is 0. The molecule has 0 fully saturated rings. The number of rotatable bonds is 3. The van der Waals surface area contributed by atoms with Crippen molar-refractivity contribution in [3.63, 3.8) is 0 Å². The number of amides is 2. The highest BCUT2D eigenvalue weighted by Crippen LogP contribution is 2.22. The zero-order valence-corrected chi connectivity index (χ0v) is 13.7. The highest BCUT2D eigenvalue weighted by molar-refractivity contribution is 9.10. The Bertz CT molecular complexity index is 797. The zero-order chi connectivity index (χ0) is 17.0. The summed E-state index contributed by atoms with van der Waals surface area (Å²) < 4.78 is 0.542. The second-order valence-electron chi connectivity index (χ2n) is 4.31. The van der Waals surface area contributed by atoms with Gasteiger partial charge in [0.05, 0.1) is 10.5 Å². The summed E-state index contributed by atoms with van der Waals surface area (Å²) in [6, 6.07) is 10.2. The molecule has 0 heterocycles. The highest BCUT2D eigenvalue weighted by atomic mass is 79.9. The van der Waals surface area contributed by atoms with E-state index in [-0.39, 0.29) is 10.6 Å². The van der Waals surface area contributed by atoms with Crippen LogP contribution in [0.25, 0.3) is 0 Å². The van der Waals surface area contributed by atoms with Gasteiger partial charge in [0.15, 0.2) is 0 Å². The first-order valence-electron chi connectivity index (χ1n) is 6.19. The molecule has 2 aromatic carbocycles. The van der Waals surface area contributed by atoms with Crippen LogP contribution in [0.1, 0.15) is 20.7 Å². The van der Waals surface area contributed by atoms with Crippen molar-refractivity contribution in [3.05, 3.63) is 73.2 Å². The van der Waals surface area contributed by atoms with Crippen LogP contribution in [0.3, 0.4) is 0 Å². The monoisotopic (exact) mass is 397 g/mol. The minimum atomic E-state index is -0.848. The Hall–Kier alpha value is -2.45. The molecule has 0 atom stereocenters. The van der Waals surface area contributed by atoms with E-state index >= 15 is 0 Å². The summed E-state index contributed by atoms with van der Waals surface area (Å²) in [4.78, 5) is 34.2. The molecule has 0 unspecified atom stereocenters. The van der Waals surface area contributed by atoms with Crippen molar-refractivity contribution >= 4 is 45.0 Å². The molecule has 23 heavy (non-hydrogen) atoms. The maximum atomic E-state index is 12.0. The summed E-state index contributed by atoms with van der Waals surface area (Å²) in [5, 5.41) is 11.1. The first kappa shape index (κ1) is 16.9. The van der Waals surface area contributed by atoms with Crippen LogP contribution in [0.2, 0.25) is 5.02 Å². The number of hydrazine groups is 1. The van der Waals surface area contributed by atoms with Crippen molar-refractivity contribution in [2.45, 2.75) is 0 Å². The number of hydrogen-bond donors (Lipinski definition) is 2. The van der Waals surface area contributed by atoms with Gasteiger partial charge in [0.2, 0.25) is 0 Å². The number of carbonyl (C=O) groups excluding carboxylic acids is 2. The van der Waals surface area contributed by atoms with E-state index in [1.165, 1.54) is 6.07 Å². The Morgan fingerprint density at radius 1 is 1.04 bits per heavy atom. The van der Waals surface area contributed by atoms with E-state index in [0.29, 0.717) is 10.0 Å². The predicted molar refractivity (Wildman–Crippen MR) is 87.2 cm³/mol. The Labute approximate surface area is 143 Å². The number of nitro groups is 1. The van der Waals surface area contributed by atoms with Crippen LogP contribution in [-0.2, 0) is 0 Å². The number of hydrogen-bond acceptors (Lipinski definition) is 4. The van der Waals surface area contributed by atoms with Gasteiger partial charge in [-0.25, -0.2) is 0 Å². The Balaban J connectivity index is 2.14. The van der Waals surface area contributed by atoms with E-state index in [0.717, 1.165) is 12.1 Å². The highest BCUT2D eigenvalue weighted by Gasteiger charge is 2.21. The van der Waals surface area contributed by atoms with Gasteiger partial charge in [0, 0.05) is 15.6 Å². The van der Waals surface area contributed by atoms with Gasteiger partial charge in [-0.1, -0.05) is 23.7 Å². The van der Waals surface area contributed by atoms with Gasteiger partial charge in [-0.3, -0.25) is 30.6 Å². The van der Waals surface area contributed by atoms with E-state index in [4.69, 9.17) is 11.6 Å². The summed E-state index contributed by atoms with van der Waals surface area (Å²) in [5.41, 5.74) is 3.94. The van der Waals surface area contributed by atoms with E-state index in [9.17, 15) is 19.7 Å². The lowest BCUT2D eigenvalue weighted by molar-refractivity contribution is -0.385. The SMILES string of the molecule is O=C(NNC(=O)c1cc(Cl)ccc1[N+](=O)[O-])c1ccccc1Br. The smallest absolute Gasteiger partial charge is 0.267 e. The zero-order valence-electron chi connectivity index (χ0n) is 11.4. The van der Waals surface area contributed by atoms with Crippen LogP contribution in [-0.4, -0.2) is 16.7 Å². The Kier molecular flexibility index (Phi) is 5.30. The lowest BCUT2D eigenvalue weighted by atomic mass is 10.1. The minimum Gasteiger partial charge on any atom is -0.267 e. The number of nitrogens with one attached hydrogen (secondary N) is 2. The number of nitrogens with zero attached hydrogens (tertiary/aromatic N) is 1. The van der Waals surface area contributed by atoms with Gasteiger partial charge in [-0.2, -0.15) is 0 Å². The number of carbonyl (C=O) groups is 2. The molecule has 2 rings (SSSR count). The standard InChI is InChI=1S/C14H9BrClN3O4/c15-11-4-2-1-3-9(11)13(20)17-18-14(21)10-7-8(16)5-6-12(10)19(22)23/h1-7H,(H,17,20)(H,18,21). The Morgan fingerprint density at radius 2 is 1.65 bits per heavy atom. The summed E-state index contributed by atoms with van der Waals surface area (Å²) in [7, 11) is 0. The second kappa shape index (κ2) is 7.21. The minimum absolute atomic E-state index is 0.165. The molecule has 0 bridgehead atoms. The molecule has 0 aromatic heterocycles. The van der Waals surface area contributed by atoms with Crippen molar-refractivity contribution in [1.82, 2.24) is 10.9 Å². The molecular weight excluding hydrogens is 390 g/mol. The van der Waals surface area contributed by atoms with Crippen LogP contribution in [0.4, 0.5) is 5.69 Å². The predicted octanol–water partition coefficient (Wildman–Crippen LogP) is 3.09. The van der Waals surface area contributed by atoms with Gasteiger partial charge < -0.3 is 0 Å². The van der Waals surface area contributed by atoms with Gasteiger partial charge in [-0.15, -0.1) is 0 Å². The van der Waals surface area contributed by atoms with Crippen molar-refractivity contribution < 1.29 is 14.5 Å². The molecule has 0 aliphatic carbocycles. The first-order valence-corrected chi connectivity index (χ1v) is 7.36. The Morgan fingerprint density at radius 3 is 2.26 bits per heavy atom. The molecular formula is C14H9BrClN3O4. The van der Waals surface area contributed by atoms with Crippen LogP contribution >= 0.6 is 27.5 Å². The van der Waals surface area contributed by atoms with E-state index in [1.807, 2.05) is 0 Å². The number of halogens is 2. The quantitative estimate of drug-likeness (QED) is 0.613. The van der Waals surface area contributed by atoms with Gasteiger partial charge in [0.1, 0.15) is 5.56 Å². The molecule has 2 aromatic rings. The molecule has 0 saturated carbocycles. The maximum Gasteiger partial charge on any atom is 0.282 e. The molecule has 0 saturated heterocycles. The topological polar surface area (TPSA) is 101 Å². The van der Waals surface area contributed by atoms with Gasteiger partial charge in [0.25, 0.3) is 17.5 Å². The molecule has 0 aliphatic heterocycles. The van der Waals surface area contributed by atoms with Crippen LogP contribution in [0, 0.1) is 10.1 Å². The lowest BCUT2D eigenvalue weighted by Gasteiger charge is -2.09. The summed E-state index contributed by atoms with van der Waals surface area (Å²) in [6.45, 7) is 0.